The first-order valence-electron chi connectivity index (χ1n) is 13.6. The Bertz CT molecular complexity index is 1350. The molecule has 1 aromatic heterocycles. The van der Waals surface area contributed by atoms with E-state index < -0.39 is 0 Å². The van der Waals surface area contributed by atoms with Crippen LogP contribution in [0.3, 0.4) is 0 Å². The maximum atomic E-state index is 13.7. The molecule has 2 N–H and O–H groups in total. The van der Waals surface area contributed by atoms with Crippen LogP contribution in [0.1, 0.15) is 60.9 Å². The normalized spacial score (nSPS) is 13.8. The highest BCUT2D eigenvalue weighted by molar-refractivity contribution is 7.22. The average Bonchev–Trinajstić information content (AvgIpc) is 3.58. The van der Waals surface area contributed by atoms with Crippen molar-refractivity contribution in [3.8, 4) is 27.7 Å². The van der Waals surface area contributed by atoms with Gasteiger partial charge < -0.3 is 19.8 Å². The van der Waals surface area contributed by atoms with Gasteiger partial charge in [0.2, 0.25) is 0 Å². The molecule has 6 heteroatoms. The smallest absolute Gasteiger partial charge is 0.195 e. The first kappa shape index (κ1) is 26.3. The highest BCUT2D eigenvalue weighted by Gasteiger charge is 2.22. The number of phenols is 2. The Hall–Kier alpha value is -3.35. The van der Waals surface area contributed by atoms with Crippen LogP contribution in [0, 0.1) is 0 Å². The zero-order valence-corrected chi connectivity index (χ0v) is 22.5. The van der Waals surface area contributed by atoms with E-state index >= 15 is 0 Å². The van der Waals surface area contributed by atoms with Crippen molar-refractivity contribution in [3.63, 3.8) is 0 Å². The summed E-state index contributed by atoms with van der Waals surface area (Å²) < 4.78 is 6.78. The first-order chi connectivity index (χ1) is 18.6. The molecule has 2 heterocycles. The molecule has 0 spiro atoms. The summed E-state index contributed by atoms with van der Waals surface area (Å²) in [6.45, 7) is 4.50. The lowest BCUT2D eigenvalue weighted by Crippen LogP contribution is -2.20. The van der Waals surface area contributed by atoms with Gasteiger partial charge in [0.25, 0.3) is 0 Å². The molecule has 5 rings (SSSR count). The van der Waals surface area contributed by atoms with Crippen molar-refractivity contribution in [2.24, 2.45) is 0 Å². The van der Waals surface area contributed by atoms with E-state index in [4.69, 9.17) is 4.74 Å². The van der Waals surface area contributed by atoms with Gasteiger partial charge in [0, 0.05) is 26.1 Å². The number of benzene rings is 3. The number of aromatic hydroxyl groups is 2. The molecule has 0 atom stereocenters. The third kappa shape index (κ3) is 6.37. The van der Waals surface area contributed by atoms with Crippen molar-refractivity contribution in [1.29, 1.82) is 0 Å². The topological polar surface area (TPSA) is 70.0 Å². The number of unbranched alkanes of at least 4 members (excludes halogenated alkanes) is 4. The fraction of sp³-hybridized carbons (Fsp3) is 0.344. The van der Waals surface area contributed by atoms with Crippen LogP contribution in [0.15, 0.2) is 66.7 Å². The maximum absolute atomic E-state index is 13.7. The van der Waals surface area contributed by atoms with E-state index in [2.05, 4.69) is 4.90 Å². The van der Waals surface area contributed by atoms with Crippen molar-refractivity contribution >= 4 is 27.2 Å². The standard InChI is InChI=1S/C32H35NO4S/c34-25-12-8-24(9-13-25)32-30(28-17-14-26(35)22-29(28)38-32)31(36)23-10-15-27(16-11-23)37-21-7-3-1-2-4-18-33-19-5-6-20-33/h8-17,22,34-35H,1-7,18-21H2. The highest BCUT2D eigenvalue weighted by atomic mass is 32.1. The van der Waals surface area contributed by atoms with Gasteiger partial charge in [-0.3, -0.25) is 4.79 Å². The number of ketones is 1. The highest BCUT2D eigenvalue weighted by Crippen LogP contribution is 2.41. The second kappa shape index (κ2) is 12.5. The van der Waals surface area contributed by atoms with E-state index in [1.54, 1.807) is 42.5 Å². The third-order valence-electron chi connectivity index (χ3n) is 7.23. The molecule has 0 saturated carbocycles. The summed E-state index contributed by atoms with van der Waals surface area (Å²) in [5, 5.41) is 20.5. The van der Waals surface area contributed by atoms with Gasteiger partial charge >= 0.3 is 0 Å². The number of phenolic OH excluding ortho intramolecular Hbond substituents is 2. The van der Waals surface area contributed by atoms with E-state index in [0.717, 1.165) is 32.7 Å². The van der Waals surface area contributed by atoms with Crippen molar-refractivity contribution in [2.75, 3.05) is 26.2 Å². The van der Waals surface area contributed by atoms with Gasteiger partial charge in [0.05, 0.1) is 6.61 Å². The molecular weight excluding hydrogens is 494 g/mol. The zero-order valence-electron chi connectivity index (χ0n) is 21.7. The molecule has 0 aliphatic carbocycles. The number of nitrogens with zero attached hydrogens (tertiary/aromatic N) is 1. The molecule has 0 bridgehead atoms. The fourth-order valence-corrected chi connectivity index (χ4v) is 6.38. The van der Waals surface area contributed by atoms with Crippen LogP contribution in [0.4, 0.5) is 0 Å². The first-order valence-corrected chi connectivity index (χ1v) is 14.4. The summed E-state index contributed by atoms with van der Waals surface area (Å²) in [6.07, 6.45) is 8.78. The minimum Gasteiger partial charge on any atom is -0.508 e. The van der Waals surface area contributed by atoms with Crippen molar-refractivity contribution in [2.45, 2.75) is 44.9 Å². The molecule has 1 aliphatic heterocycles. The average molecular weight is 530 g/mol. The molecule has 38 heavy (non-hydrogen) atoms. The van der Waals surface area contributed by atoms with E-state index in [1.165, 1.54) is 69.5 Å². The molecule has 0 radical (unpaired) electrons. The van der Waals surface area contributed by atoms with Crippen LogP contribution in [0.5, 0.6) is 17.2 Å². The van der Waals surface area contributed by atoms with Gasteiger partial charge in [-0.1, -0.05) is 19.3 Å². The molecule has 0 amide bonds. The van der Waals surface area contributed by atoms with Crippen LogP contribution in [0.25, 0.3) is 20.5 Å². The zero-order chi connectivity index (χ0) is 26.3. The van der Waals surface area contributed by atoms with E-state index in [0.29, 0.717) is 17.7 Å². The minimum atomic E-state index is -0.0782. The van der Waals surface area contributed by atoms with Crippen molar-refractivity contribution in [1.82, 2.24) is 4.90 Å². The lowest BCUT2D eigenvalue weighted by Gasteiger charge is -2.13. The lowest BCUT2D eigenvalue weighted by atomic mass is 9.97. The summed E-state index contributed by atoms with van der Waals surface area (Å²) >= 11 is 1.46. The molecule has 3 aromatic carbocycles. The second-order valence-electron chi connectivity index (χ2n) is 10.1. The summed E-state index contributed by atoms with van der Waals surface area (Å²) in [7, 11) is 0. The third-order valence-corrected chi connectivity index (χ3v) is 8.43. The predicted octanol–water partition coefficient (Wildman–Crippen LogP) is 7.64. The fourth-order valence-electron chi connectivity index (χ4n) is 5.14. The number of thiophene rings is 1. The quantitative estimate of drug-likeness (QED) is 0.146. The molecule has 4 aromatic rings. The number of ether oxygens (including phenoxy) is 1. The molecule has 5 nitrogen and oxygen atoms in total. The molecule has 198 valence electrons. The Kier molecular flexibility index (Phi) is 8.61. The van der Waals surface area contributed by atoms with Crippen LogP contribution >= 0.6 is 11.3 Å². The van der Waals surface area contributed by atoms with Crippen LogP contribution in [-0.2, 0) is 0 Å². The Morgan fingerprint density at radius 3 is 2.26 bits per heavy atom. The number of fused-ring (bicyclic) bond motifs is 1. The molecule has 0 unspecified atom stereocenters. The Morgan fingerprint density at radius 2 is 1.50 bits per heavy atom. The molecule has 1 aliphatic rings. The summed E-state index contributed by atoms with van der Waals surface area (Å²) in [6, 6.07) is 19.3. The van der Waals surface area contributed by atoms with Gasteiger partial charge in [-0.2, -0.15) is 0 Å². The number of likely N-dealkylation sites (tertiary alicyclic amines) is 1. The Morgan fingerprint density at radius 1 is 0.816 bits per heavy atom. The maximum Gasteiger partial charge on any atom is 0.195 e. The number of carbonyl (C=O) groups is 1. The minimum absolute atomic E-state index is 0.0782. The Balaban J connectivity index is 1.19. The van der Waals surface area contributed by atoms with Crippen LogP contribution in [0.2, 0.25) is 0 Å². The van der Waals surface area contributed by atoms with E-state index in [1.807, 2.05) is 24.3 Å². The summed E-state index contributed by atoms with van der Waals surface area (Å²) in [5.74, 6) is 1.03. The van der Waals surface area contributed by atoms with Gasteiger partial charge in [-0.05, 0) is 118 Å². The van der Waals surface area contributed by atoms with Gasteiger partial charge in [-0.15, -0.1) is 11.3 Å². The van der Waals surface area contributed by atoms with Gasteiger partial charge in [0.1, 0.15) is 17.2 Å². The van der Waals surface area contributed by atoms with Crippen LogP contribution in [-0.4, -0.2) is 47.1 Å². The molecule has 1 fully saturated rings. The second-order valence-corrected chi connectivity index (χ2v) is 11.1. The lowest BCUT2D eigenvalue weighted by molar-refractivity contribution is 0.104. The molecular formula is C32H35NO4S. The van der Waals surface area contributed by atoms with Crippen LogP contribution < -0.4 is 4.74 Å². The number of hydrogen-bond acceptors (Lipinski definition) is 6. The molecule has 1 saturated heterocycles. The monoisotopic (exact) mass is 529 g/mol. The number of hydrogen-bond donors (Lipinski definition) is 2. The summed E-state index contributed by atoms with van der Waals surface area (Å²) in [4.78, 5) is 17.1. The Labute approximate surface area is 228 Å². The van der Waals surface area contributed by atoms with Crippen molar-refractivity contribution in [3.05, 3.63) is 77.9 Å². The van der Waals surface area contributed by atoms with Gasteiger partial charge in [0.15, 0.2) is 5.78 Å². The predicted molar refractivity (Wildman–Crippen MR) is 155 cm³/mol. The van der Waals surface area contributed by atoms with Gasteiger partial charge in [-0.25, -0.2) is 0 Å². The largest absolute Gasteiger partial charge is 0.508 e. The SMILES string of the molecule is O=C(c1ccc(OCCCCCCCN2CCCC2)cc1)c1c(-c2ccc(O)cc2)sc2cc(O)ccc12. The number of carbonyl (C=O) groups excluding carboxylic acids is 1. The van der Waals surface area contributed by atoms with E-state index in [-0.39, 0.29) is 17.3 Å². The van der Waals surface area contributed by atoms with Crippen molar-refractivity contribution < 1.29 is 19.7 Å². The van der Waals surface area contributed by atoms with E-state index in [9.17, 15) is 15.0 Å². The summed E-state index contributed by atoms with van der Waals surface area (Å²) in [5.41, 5.74) is 2.04. The number of rotatable bonds is 12.